The van der Waals surface area contributed by atoms with E-state index >= 15 is 0 Å². The Morgan fingerprint density at radius 3 is 2.35 bits per heavy atom. The van der Waals surface area contributed by atoms with Crippen LogP contribution in [0.25, 0.3) is 6.08 Å². The molecule has 0 aromatic heterocycles. The number of hydrogen-bond acceptors (Lipinski definition) is 2. The molecule has 1 rings (SSSR count). The Bertz CT molecular complexity index is 713. The van der Waals surface area contributed by atoms with Gasteiger partial charge in [-0.2, -0.15) is 4.39 Å². The number of carboxylic acids is 1. The minimum atomic E-state index is -1.80. The maximum Gasteiger partial charge on any atom is 0.364 e. The van der Waals surface area contributed by atoms with Crippen LogP contribution in [0.15, 0.2) is 35.4 Å². The summed E-state index contributed by atoms with van der Waals surface area (Å²) in [7, 11) is 1.60. The van der Waals surface area contributed by atoms with Crippen LogP contribution in [0.4, 0.5) is 8.78 Å². The van der Waals surface area contributed by atoms with E-state index in [1.165, 1.54) is 13.0 Å². The summed E-state index contributed by atoms with van der Waals surface area (Å²) in [5, 5.41) is 8.41. The Morgan fingerprint density at radius 1 is 1.22 bits per heavy atom. The number of methoxy groups -OCH3 is 1. The molecule has 0 atom stereocenters. The molecule has 0 aliphatic heterocycles. The summed E-state index contributed by atoms with van der Waals surface area (Å²) in [6.45, 7) is 7.22. The predicted molar refractivity (Wildman–Crippen MR) is 86.9 cm³/mol. The Hall–Kier alpha value is -2.43. The Kier molecular flexibility index (Phi) is 6.25. The summed E-state index contributed by atoms with van der Waals surface area (Å²) in [5.74, 6) is -3.49. The van der Waals surface area contributed by atoms with Crippen molar-refractivity contribution < 1.29 is 23.4 Å². The Labute approximate surface area is 134 Å². The van der Waals surface area contributed by atoms with Gasteiger partial charge >= 0.3 is 5.97 Å². The zero-order valence-electron chi connectivity index (χ0n) is 13.8. The third-order valence-corrected chi connectivity index (χ3v) is 3.66. The Morgan fingerprint density at radius 2 is 1.83 bits per heavy atom. The molecule has 1 aromatic carbocycles. The predicted octanol–water partition coefficient (Wildman–Crippen LogP) is 4.82. The summed E-state index contributed by atoms with van der Waals surface area (Å²) in [5.41, 5.74) is 3.99. The lowest BCUT2D eigenvalue weighted by Gasteiger charge is -2.13. The molecule has 0 bridgehead atoms. The monoisotopic (exact) mass is 322 g/mol. The smallest absolute Gasteiger partial charge is 0.364 e. The van der Waals surface area contributed by atoms with Crippen LogP contribution in [-0.4, -0.2) is 18.2 Å². The minimum Gasteiger partial charge on any atom is -0.496 e. The number of benzene rings is 1. The highest BCUT2D eigenvalue weighted by atomic mass is 19.1. The van der Waals surface area contributed by atoms with E-state index < -0.39 is 17.6 Å². The summed E-state index contributed by atoms with van der Waals surface area (Å²) in [6, 6.07) is 1.89. The fourth-order valence-electron chi connectivity index (χ4n) is 2.11. The average Bonchev–Trinajstić information content (AvgIpc) is 2.50. The fraction of sp³-hybridized carbons (Fsp3) is 0.278. The van der Waals surface area contributed by atoms with E-state index in [9.17, 15) is 13.6 Å². The molecule has 1 aromatic rings. The molecule has 23 heavy (non-hydrogen) atoms. The van der Waals surface area contributed by atoms with Gasteiger partial charge < -0.3 is 9.84 Å². The second-order valence-electron chi connectivity index (χ2n) is 5.22. The van der Waals surface area contributed by atoms with Crippen molar-refractivity contribution in [2.75, 3.05) is 7.11 Å². The molecule has 0 saturated heterocycles. The third kappa shape index (κ3) is 4.52. The molecule has 5 heteroatoms. The van der Waals surface area contributed by atoms with Gasteiger partial charge in [-0.25, -0.2) is 9.18 Å². The first-order chi connectivity index (χ1) is 10.7. The van der Waals surface area contributed by atoms with Gasteiger partial charge in [-0.15, -0.1) is 0 Å². The molecule has 1 N–H and O–H groups in total. The number of carboxylic acid groups (broad SMARTS) is 1. The maximum atomic E-state index is 13.7. The zero-order valence-corrected chi connectivity index (χ0v) is 13.8. The van der Waals surface area contributed by atoms with Gasteiger partial charge in [0, 0.05) is 6.08 Å². The van der Waals surface area contributed by atoms with Crippen molar-refractivity contribution >= 4 is 12.0 Å². The number of aryl methyl sites for hydroxylation is 1. The van der Waals surface area contributed by atoms with Gasteiger partial charge in [0.2, 0.25) is 5.83 Å². The van der Waals surface area contributed by atoms with Crippen LogP contribution in [0, 0.1) is 20.8 Å². The van der Waals surface area contributed by atoms with Crippen molar-refractivity contribution in [3.63, 3.8) is 0 Å². The quantitative estimate of drug-likeness (QED) is 0.625. The molecular formula is C18H20F2O3. The van der Waals surface area contributed by atoms with Gasteiger partial charge in [0.1, 0.15) is 11.6 Å². The first kappa shape index (κ1) is 18.6. The van der Waals surface area contributed by atoms with Crippen LogP contribution in [0.5, 0.6) is 5.75 Å². The van der Waals surface area contributed by atoms with Crippen molar-refractivity contribution in [3.8, 4) is 5.75 Å². The van der Waals surface area contributed by atoms with Crippen LogP contribution in [0.3, 0.4) is 0 Å². The number of hydrogen-bond donors (Lipinski definition) is 1. The van der Waals surface area contributed by atoms with Crippen LogP contribution in [0.1, 0.15) is 29.2 Å². The number of halogens is 2. The van der Waals surface area contributed by atoms with Gasteiger partial charge in [-0.3, -0.25) is 0 Å². The molecule has 0 saturated carbocycles. The summed E-state index contributed by atoms with van der Waals surface area (Å²) < 4.78 is 31.9. The van der Waals surface area contributed by atoms with Crippen LogP contribution in [-0.2, 0) is 4.79 Å². The molecule has 0 spiro atoms. The van der Waals surface area contributed by atoms with E-state index in [4.69, 9.17) is 9.84 Å². The molecule has 3 nitrogen and oxygen atoms in total. The molecule has 0 radical (unpaired) electrons. The van der Waals surface area contributed by atoms with Gasteiger partial charge in [0.25, 0.3) is 0 Å². The largest absolute Gasteiger partial charge is 0.496 e. The highest BCUT2D eigenvalue weighted by Crippen LogP contribution is 2.28. The minimum absolute atomic E-state index is 0.133. The second kappa shape index (κ2) is 7.72. The second-order valence-corrected chi connectivity index (χ2v) is 5.22. The van der Waals surface area contributed by atoms with E-state index in [0.29, 0.717) is 6.08 Å². The standard InChI is InChI=1S/C18H20F2O3/c1-10(15(19)9-16(20)18(21)22)6-7-14-11(2)8-17(23-5)13(4)12(14)3/h6-9H,1-5H3,(H,21,22). The van der Waals surface area contributed by atoms with Gasteiger partial charge in [0.15, 0.2) is 0 Å². The van der Waals surface area contributed by atoms with E-state index in [1.807, 2.05) is 26.8 Å². The number of carbonyl (C=O) groups is 1. The summed E-state index contributed by atoms with van der Waals surface area (Å²) in [4.78, 5) is 10.4. The number of rotatable bonds is 5. The lowest BCUT2D eigenvalue weighted by molar-refractivity contribution is -0.134. The van der Waals surface area contributed by atoms with E-state index in [-0.39, 0.29) is 5.57 Å². The van der Waals surface area contributed by atoms with Crippen LogP contribution >= 0.6 is 0 Å². The summed E-state index contributed by atoms with van der Waals surface area (Å²) in [6.07, 6.45) is 3.57. The highest BCUT2D eigenvalue weighted by Gasteiger charge is 2.10. The molecule has 0 aliphatic carbocycles. The first-order valence-corrected chi connectivity index (χ1v) is 6.98. The number of allylic oxidation sites excluding steroid dienone is 4. The van der Waals surface area contributed by atoms with Crippen LogP contribution < -0.4 is 4.74 Å². The fourth-order valence-corrected chi connectivity index (χ4v) is 2.11. The SMILES string of the molecule is COc1cc(C)c(C=CC(C)=C(F)C=C(F)C(=O)O)c(C)c1C. The van der Waals surface area contributed by atoms with Gasteiger partial charge in [0.05, 0.1) is 7.11 Å². The zero-order chi connectivity index (χ0) is 17.7. The number of aliphatic carboxylic acids is 1. The summed E-state index contributed by atoms with van der Waals surface area (Å²) >= 11 is 0. The molecule has 0 heterocycles. The van der Waals surface area contributed by atoms with Gasteiger partial charge in [-0.1, -0.05) is 12.2 Å². The average molecular weight is 322 g/mol. The molecule has 0 fully saturated rings. The van der Waals surface area contributed by atoms with Crippen molar-refractivity contribution in [2.24, 2.45) is 0 Å². The molecule has 124 valence electrons. The van der Waals surface area contributed by atoms with Gasteiger partial charge in [-0.05, 0) is 61.6 Å². The molecule has 0 unspecified atom stereocenters. The van der Waals surface area contributed by atoms with Crippen molar-refractivity contribution in [1.29, 1.82) is 0 Å². The topological polar surface area (TPSA) is 46.5 Å². The van der Waals surface area contributed by atoms with Crippen molar-refractivity contribution in [3.05, 3.63) is 57.7 Å². The molecular weight excluding hydrogens is 302 g/mol. The number of ether oxygens (including phenoxy) is 1. The van der Waals surface area contributed by atoms with Crippen LogP contribution in [0.2, 0.25) is 0 Å². The van der Waals surface area contributed by atoms with E-state index in [2.05, 4.69) is 0 Å². The normalized spacial score (nSPS) is 13.3. The lowest BCUT2D eigenvalue weighted by Crippen LogP contribution is -1.96. The Balaban J connectivity index is 3.22. The maximum absolute atomic E-state index is 13.7. The van der Waals surface area contributed by atoms with Crippen molar-refractivity contribution in [2.45, 2.75) is 27.7 Å². The van der Waals surface area contributed by atoms with E-state index in [1.54, 1.807) is 13.2 Å². The van der Waals surface area contributed by atoms with E-state index in [0.717, 1.165) is 28.0 Å². The lowest BCUT2D eigenvalue weighted by atomic mass is 9.96. The molecule has 0 amide bonds. The highest BCUT2D eigenvalue weighted by molar-refractivity contribution is 5.84. The third-order valence-electron chi connectivity index (χ3n) is 3.66. The van der Waals surface area contributed by atoms with Crippen molar-refractivity contribution in [1.82, 2.24) is 0 Å². The first-order valence-electron chi connectivity index (χ1n) is 6.98. The molecule has 0 aliphatic rings.